The van der Waals surface area contributed by atoms with E-state index in [1.807, 2.05) is 11.5 Å². The Kier molecular flexibility index (Phi) is 7.01. The number of alkyl halides is 3. The molecular weight excluding hydrogens is 553 g/mol. The normalized spacial score (nSPS) is 12.6. The Morgan fingerprint density at radius 1 is 1.10 bits per heavy atom. The van der Waals surface area contributed by atoms with Crippen LogP contribution in [0, 0.1) is 6.92 Å². The van der Waals surface area contributed by atoms with E-state index in [9.17, 15) is 23.1 Å². The predicted molar refractivity (Wildman–Crippen MR) is 141 cm³/mol. The maximum atomic E-state index is 13.0. The summed E-state index contributed by atoms with van der Waals surface area (Å²) in [5.41, 5.74) is 3.48. The first kappa shape index (κ1) is 27.2. The molecule has 0 aliphatic carbocycles. The number of carboxylic acid groups (broad SMARTS) is 1. The van der Waals surface area contributed by atoms with Crippen LogP contribution in [0.5, 0.6) is 17.2 Å². The highest BCUT2D eigenvalue weighted by Crippen LogP contribution is 2.41. The molecule has 40 heavy (non-hydrogen) atoms. The van der Waals surface area contributed by atoms with Gasteiger partial charge in [0, 0.05) is 35.3 Å². The lowest BCUT2D eigenvalue weighted by molar-refractivity contribution is -0.274. The van der Waals surface area contributed by atoms with Crippen molar-refractivity contribution in [2.45, 2.75) is 32.9 Å². The third-order valence-corrected chi connectivity index (χ3v) is 6.75. The van der Waals surface area contributed by atoms with E-state index in [2.05, 4.69) is 9.89 Å². The summed E-state index contributed by atoms with van der Waals surface area (Å²) in [6.45, 7) is 3.39. The number of aromatic nitrogens is 2. The summed E-state index contributed by atoms with van der Waals surface area (Å²) in [4.78, 5) is 11.3. The molecule has 1 N–H and O–H groups in total. The first-order valence-corrected chi connectivity index (χ1v) is 12.3. The molecule has 0 spiro atoms. The Labute approximate surface area is 230 Å². The first-order valence-electron chi connectivity index (χ1n) is 12.0. The van der Waals surface area contributed by atoms with E-state index in [-0.39, 0.29) is 23.1 Å². The maximum absolute atomic E-state index is 13.0. The molecule has 0 aliphatic rings. The fraction of sp³-hybridized carbons (Fsp3) is 0.214. The number of rotatable bonds is 8. The van der Waals surface area contributed by atoms with Crippen LogP contribution in [0.2, 0.25) is 5.02 Å². The maximum Gasteiger partial charge on any atom is 0.573 e. The standard InChI is InChI=1S/C28H22ClF3N2O6/c1-14-25(26-20-8-5-17(37-3)12-23(20)40-33-26)19-7-6-18(39-28(30,31)32)11-22(19)34(14)13-16-4-9-21(29)24(10-16)38-15(2)27(35)36/h4-12,15H,13H2,1-3H3,(H,35,36)/t15-/m1/s1. The minimum atomic E-state index is -4.87. The Hall–Kier alpha value is -4.38. The highest BCUT2D eigenvalue weighted by atomic mass is 35.5. The third-order valence-electron chi connectivity index (χ3n) is 6.43. The number of hydrogen-bond donors (Lipinski definition) is 1. The van der Waals surface area contributed by atoms with Gasteiger partial charge in [0.1, 0.15) is 22.9 Å². The van der Waals surface area contributed by atoms with E-state index in [1.165, 1.54) is 26.2 Å². The van der Waals surface area contributed by atoms with Crippen LogP contribution in [-0.4, -0.2) is 40.4 Å². The molecule has 8 nitrogen and oxygen atoms in total. The van der Waals surface area contributed by atoms with Gasteiger partial charge in [0.2, 0.25) is 0 Å². The molecule has 2 aromatic heterocycles. The molecule has 0 aliphatic heterocycles. The quantitative estimate of drug-likeness (QED) is 0.209. The number of fused-ring (bicyclic) bond motifs is 2. The SMILES string of the molecule is COc1ccc2c(-c3c(C)n(Cc4ccc(Cl)c(O[C@H](C)C(=O)O)c4)c4cc(OC(F)(F)F)ccc34)noc2c1. The molecule has 208 valence electrons. The predicted octanol–water partition coefficient (Wildman–Crippen LogP) is 7.22. The van der Waals surface area contributed by atoms with Gasteiger partial charge in [-0.2, -0.15) is 0 Å². The van der Waals surface area contributed by atoms with Crippen LogP contribution < -0.4 is 14.2 Å². The molecule has 0 saturated heterocycles. The van der Waals surface area contributed by atoms with Crippen LogP contribution in [-0.2, 0) is 11.3 Å². The summed E-state index contributed by atoms with van der Waals surface area (Å²) in [7, 11) is 1.53. The Morgan fingerprint density at radius 3 is 2.52 bits per heavy atom. The van der Waals surface area contributed by atoms with Crippen molar-refractivity contribution < 1.29 is 41.8 Å². The minimum Gasteiger partial charge on any atom is -0.497 e. The zero-order valence-electron chi connectivity index (χ0n) is 21.4. The van der Waals surface area contributed by atoms with Crippen molar-refractivity contribution in [3.63, 3.8) is 0 Å². The summed E-state index contributed by atoms with van der Waals surface area (Å²) < 4.78 is 61.5. The van der Waals surface area contributed by atoms with Gasteiger partial charge in [-0.15, -0.1) is 13.2 Å². The molecule has 0 bridgehead atoms. The summed E-state index contributed by atoms with van der Waals surface area (Å²) in [6.07, 6.45) is -6.01. The van der Waals surface area contributed by atoms with Crippen molar-refractivity contribution in [3.8, 4) is 28.5 Å². The largest absolute Gasteiger partial charge is 0.573 e. The highest BCUT2D eigenvalue weighted by molar-refractivity contribution is 6.32. The fourth-order valence-electron chi connectivity index (χ4n) is 4.54. The van der Waals surface area contributed by atoms with E-state index < -0.39 is 18.4 Å². The minimum absolute atomic E-state index is 0.168. The molecule has 3 aromatic carbocycles. The van der Waals surface area contributed by atoms with E-state index in [0.717, 1.165) is 0 Å². The monoisotopic (exact) mass is 574 g/mol. The number of ether oxygens (including phenoxy) is 3. The summed E-state index contributed by atoms with van der Waals surface area (Å²) in [6, 6.07) is 14.3. The van der Waals surface area contributed by atoms with E-state index in [0.29, 0.717) is 50.1 Å². The van der Waals surface area contributed by atoms with Gasteiger partial charge in [0.05, 0.1) is 23.0 Å². The number of halogens is 4. The van der Waals surface area contributed by atoms with Gasteiger partial charge in [-0.25, -0.2) is 4.79 Å². The van der Waals surface area contributed by atoms with Crippen LogP contribution in [0.4, 0.5) is 13.2 Å². The molecular formula is C28H22ClF3N2O6. The van der Waals surface area contributed by atoms with Crippen molar-refractivity contribution in [1.82, 2.24) is 9.72 Å². The molecule has 0 fully saturated rings. The molecule has 0 amide bonds. The molecule has 0 unspecified atom stereocenters. The van der Waals surface area contributed by atoms with E-state index in [4.69, 9.17) is 25.6 Å². The van der Waals surface area contributed by atoms with Crippen LogP contribution in [0.15, 0.2) is 59.1 Å². The van der Waals surface area contributed by atoms with Crippen LogP contribution in [0.3, 0.4) is 0 Å². The lowest BCUT2D eigenvalue weighted by Crippen LogP contribution is -2.23. The summed E-state index contributed by atoms with van der Waals surface area (Å²) in [5, 5.41) is 15.0. The Morgan fingerprint density at radius 2 is 1.82 bits per heavy atom. The van der Waals surface area contributed by atoms with Gasteiger partial charge in [0.25, 0.3) is 0 Å². The molecule has 5 aromatic rings. The number of carbonyl (C=O) groups is 1. The zero-order chi connectivity index (χ0) is 28.8. The molecule has 2 heterocycles. The molecule has 12 heteroatoms. The van der Waals surface area contributed by atoms with Crippen LogP contribution >= 0.6 is 11.6 Å². The van der Waals surface area contributed by atoms with Crippen LogP contribution in [0.1, 0.15) is 18.2 Å². The van der Waals surface area contributed by atoms with Crippen LogP contribution in [0.25, 0.3) is 33.1 Å². The number of methoxy groups -OCH3 is 1. The third kappa shape index (κ3) is 5.24. The second-order valence-corrected chi connectivity index (χ2v) is 9.44. The average molecular weight is 575 g/mol. The summed E-state index contributed by atoms with van der Waals surface area (Å²) >= 11 is 6.23. The zero-order valence-corrected chi connectivity index (χ0v) is 22.1. The molecule has 5 rings (SSSR count). The number of hydrogen-bond acceptors (Lipinski definition) is 6. The highest BCUT2D eigenvalue weighted by Gasteiger charge is 2.32. The smallest absolute Gasteiger partial charge is 0.497 e. The Bertz CT molecular complexity index is 1740. The first-order chi connectivity index (χ1) is 18.9. The second-order valence-electron chi connectivity index (χ2n) is 9.03. The van der Waals surface area contributed by atoms with Crippen molar-refractivity contribution in [2.24, 2.45) is 0 Å². The van der Waals surface area contributed by atoms with Gasteiger partial charge in [0.15, 0.2) is 11.7 Å². The molecule has 1 atom stereocenters. The van der Waals surface area contributed by atoms with Gasteiger partial charge in [-0.1, -0.05) is 22.8 Å². The van der Waals surface area contributed by atoms with Gasteiger partial charge >= 0.3 is 12.3 Å². The van der Waals surface area contributed by atoms with Crippen molar-refractivity contribution in [1.29, 1.82) is 0 Å². The summed E-state index contributed by atoms with van der Waals surface area (Å²) in [5.74, 6) is -0.786. The van der Waals surface area contributed by atoms with Gasteiger partial charge in [-0.05, 0) is 55.8 Å². The van der Waals surface area contributed by atoms with Gasteiger partial charge < -0.3 is 28.4 Å². The van der Waals surface area contributed by atoms with Gasteiger partial charge in [-0.3, -0.25) is 0 Å². The Balaban J connectivity index is 1.66. The lowest BCUT2D eigenvalue weighted by Gasteiger charge is -2.15. The van der Waals surface area contributed by atoms with Crippen molar-refractivity contribution in [3.05, 3.63) is 70.9 Å². The van der Waals surface area contributed by atoms with E-state index in [1.54, 1.807) is 42.5 Å². The number of carboxylic acids is 1. The topological polar surface area (TPSA) is 96.0 Å². The van der Waals surface area contributed by atoms with Crippen molar-refractivity contribution >= 4 is 39.4 Å². The number of nitrogens with zero attached hydrogens (tertiary/aromatic N) is 2. The fourth-order valence-corrected chi connectivity index (χ4v) is 4.70. The van der Waals surface area contributed by atoms with Crippen molar-refractivity contribution in [2.75, 3.05) is 7.11 Å². The average Bonchev–Trinajstić information content (AvgIpc) is 3.42. The number of aliphatic carboxylic acids is 1. The number of benzene rings is 3. The molecule has 0 radical (unpaired) electrons. The second kappa shape index (κ2) is 10.3. The van der Waals surface area contributed by atoms with E-state index >= 15 is 0 Å². The lowest BCUT2D eigenvalue weighted by atomic mass is 10.0. The molecule has 0 saturated carbocycles.